The van der Waals surface area contributed by atoms with E-state index < -0.39 is 8.07 Å². The number of halogens is 1. The van der Waals surface area contributed by atoms with E-state index >= 15 is 0 Å². The molecule has 0 spiro atoms. The highest BCUT2D eigenvalue weighted by atomic mass is 32.1. The Hall–Kier alpha value is -0.723. The Labute approximate surface area is 124 Å². The Morgan fingerprint density at radius 2 is 2.05 bits per heavy atom. The van der Waals surface area contributed by atoms with Gasteiger partial charge in [0.1, 0.15) is 22.9 Å². The topological polar surface area (TPSA) is 27.1 Å². The Morgan fingerprint density at radius 3 is 2.65 bits per heavy atom. The SMILES string of the molecule is CCc1sc2nc(C)n(COCC[Si](C)(C)C)c2c1F. The van der Waals surface area contributed by atoms with E-state index in [1.807, 2.05) is 18.4 Å². The first-order chi connectivity index (χ1) is 9.33. The molecule has 0 aliphatic heterocycles. The molecule has 2 rings (SSSR count). The number of aromatic nitrogens is 2. The fourth-order valence-electron chi connectivity index (χ4n) is 2.03. The average molecular weight is 315 g/mol. The molecule has 0 N–H and O–H groups in total. The van der Waals surface area contributed by atoms with Gasteiger partial charge in [-0.15, -0.1) is 11.3 Å². The maximum Gasteiger partial charge on any atom is 0.163 e. The van der Waals surface area contributed by atoms with Crippen molar-refractivity contribution in [2.24, 2.45) is 0 Å². The summed E-state index contributed by atoms with van der Waals surface area (Å²) in [6, 6.07) is 1.12. The fourth-order valence-corrected chi connectivity index (χ4v) is 3.83. The minimum absolute atomic E-state index is 0.123. The Morgan fingerprint density at radius 1 is 1.35 bits per heavy atom. The van der Waals surface area contributed by atoms with Crippen LogP contribution in [0.1, 0.15) is 17.6 Å². The van der Waals surface area contributed by atoms with E-state index in [0.29, 0.717) is 18.7 Å². The van der Waals surface area contributed by atoms with Crippen LogP contribution in [0, 0.1) is 12.7 Å². The molecular formula is C14H23FN2OSSi. The first-order valence-electron chi connectivity index (χ1n) is 7.05. The molecule has 2 aromatic heterocycles. The molecule has 0 aromatic carbocycles. The summed E-state index contributed by atoms with van der Waals surface area (Å²) in [5.74, 6) is 0.697. The number of rotatable bonds is 6. The van der Waals surface area contributed by atoms with E-state index in [1.54, 1.807) is 0 Å². The van der Waals surface area contributed by atoms with Gasteiger partial charge in [-0.3, -0.25) is 0 Å². The third-order valence-corrected chi connectivity index (χ3v) is 6.23. The van der Waals surface area contributed by atoms with Gasteiger partial charge in [-0.1, -0.05) is 26.6 Å². The van der Waals surface area contributed by atoms with Gasteiger partial charge >= 0.3 is 0 Å². The van der Waals surface area contributed by atoms with Crippen molar-refractivity contribution in [3.05, 3.63) is 16.5 Å². The zero-order valence-electron chi connectivity index (χ0n) is 12.9. The molecule has 6 heteroatoms. The lowest BCUT2D eigenvalue weighted by atomic mass is 10.3. The van der Waals surface area contributed by atoms with Crippen LogP contribution in [0.15, 0.2) is 0 Å². The van der Waals surface area contributed by atoms with Crippen LogP contribution in [-0.4, -0.2) is 24.2 Å². The molecule has 112 valence electrons. The van der Waals surface area contributed by atoms with Crippen molar-refractivity contribution in [2.45, 2.75) is 52.7 Å². The van der Waals surface area contributed by atoms with Crippen LogP contribution in [0.5, 0.6) is 0 Å². The third kappa shape index (κ3) is 3.29. The second-order valence-electron chi connectivity index (χ2n) is 6.28. The van der Waals surface area contributed by atoms with Crippen molar-refractivity contribution in [1.82, 2.24) is 9.55 Å². The summed E-state index contributed by atoms with van der Waals surface area (Å²) < 4.78 is 21.9. The summed E-state index contributed by atoms with van der Waals surface area (Å²) in [7, 11) is -1.08. The van der Waals surface area contributed by atoms with Gasteiger partial charge in [0.2, 0.25) is 0 Å². The van der Waals surface area contributed by atoms with Crippen LogP contribution in [0.2, 0.25) is 25.7 Å². The molecule has 0 aliphatic carbocycles. The van der Waals surface area contributed by atoms with E-state index in [9.17, 15) is 4.39 Å². The number of aryl methyl sites for hydroxylation is 2. The van der Waals surface area contributed by atoms with Gasteiger partial charge in [0.05, 0.1) is 0 Å². The van der Waals surface area contributed by atoms with Gasteiger partial charge in [0.15, 0.2) is 5.82 Å². The third-order valence-electron chi connectivity index (χ3n) is 3.34. The van der Waals surface area contributed by atoms with E-state index in [0.717, 1.165) is 28.2 Å². The van der Waals surface area contributed by atoms with Crippen molar-refractivity contribution in [3.63, 3.8) is 0 Å². The molecule has 0 radical (unpaired) electrons. The summed E-state index contributed by atoms with van der Waals surface area (Å²) in [4.78, 5) is 6.00. The zero-order chi connectivity index (χ0) is 14.9. The lowest BCUT2D eigenvalue weighted by Crippen LogP contribution is -2.22. The van der Waals surface area contributed by atoms with Crippen LogP contribution < -0.4 is 0 Å². The number of fused-ring (bicyclic) bond motifs is 1. The largest absolute Gasteiger partial charge is 0.361 e. The minimum Gasteiger partial charge on any atom is -0.361 e. The molecule has 0 unspecified atom stereocenters. The van der Waals surface area contributed by atoms with Crippen LogP contribution in [0.25, 0.3) is 10.3 Å². The molecule has 2 heterocycles. The van der Waals surface area contributed by atoms with Crippen molar-refractivity contribution in [3.8, 4) is 0 Å². The van der Waals surface area contributed by atoms with Crippen molar-refractivity contribution in [2.75, 3.05) is 6.61 Å². The maximum atomic E-state index is 14.3. The monoisotopic (exact) mass is 314 g/mol. The highest BCUT2D eigenvalue weighted by molar-refractivity contribution is 7.18. The summed E-state index contributed by atoms with van der Waals surface area (Å²) >= 11 is 1.45. The second-order valence-corrected chi connectivity index (χ2v) is 13.0. The number of nitrogens with zero attached hydrogens (tertiary/aromatic N) is 2. The molecule has 3 nitrogen and oxygen atoms in total. The smallest absolute Gasteiger partial charge is 0.163 e. The molecule has 0 saturated heterocycles. The number of hydrogen-bond donors (Lipinski definition) is 0. The minimum atomic E-state index is -1.08. The van der Waals surface area contributed by atoms with Crippen LogP contribution in [0.3, 0.4) is 0 Å². The number of thiophene rings is 1. The Kier molecular flexibility index (Phi) is 4.66. The van der Waals surface area contributed by atoms with Crippen LogP contribution in [-0.2, 0) is 17.9 Å². The molecule has 0 atom stereocenters. The van der Waals surface area contributed by atoms with Gasteiger partial charge in [0.25, 0.3) is 0 Å². The Bertz CT molecular complexity index is 600. The predicted octanol–water partition coefficient (Wildman–Crippen LogP) is 4.42. The Balaban J connectivity index is 2.13. The number of imidazole rings is 1. The van der Waals surface area contributed by atoms with E-state index in [-0.39, 0.29) is 5.82 Å². The molecule has 20 heavy (non-hydrogen) atoms. The molecular weight excluding hydrogens is 291 g/mol. The van der Waals surface area contributed by atoms with Gasteiger partial charge < -0.3 is 9.30 Å². The average Bonchev–Trinajstić information content (AvgIpc) is 2.81. The summed E-state index contributed by atoms with van der Waals surface area (Å²) in [5.41, 5.74) is 0.609. The highest BCUT2D eigenvalue weighted by Gasteiger charge is 2.19. The van der Waals surface area contributed by atoms with Gasteiger partial charge in [-0.2, -0.15) is 0 Å². The fraction of sp³-hybridized carbons (Fsp3) is 0.643. The molecule has 0 saturated carbocycles. The summed E-state index contributed by atoms with van der Waals surface area (Å²) in [6.45, 7) is 12.0. The molecule has 0 fully saturated rings. The number of ether oxygens (including phenoxy) is 1. The van der Waals surface area contributed by atoms with E-state index in [2.05, 4.69) is 24.6 Å². The molecule has 0 aliphatic rings. The molecule has 0 bridgehead atoms. The lowest BCUT2D eigenvalue weighted by molar-refractivity contribution is 0.0882. The van der Waals surface area contributed by atoms with Crippen molar-refractivity contribution in [1.29, 1.82) is 0 Å². The predicted molar refractivity (Wildman–Crippen MR) is 85.8 cm³/mol. The van der Waals surface area contributed by atoms with E-state index in [1.165, 1.54) is 11.3 Å². The normalized spacial score (nSPS) is 12.5. The molecule has 0 amide bonds. The quantitative estimate of drug-likeness (QED) is 0.583. The lowest BCUT2D eigenvalue weighted by Gasteiger charge is -2.16. The van der Waals surface area contributed by atoms with Gasteiger partial charge in [-0.05, 0) is 19.4 Å². The highest BCUT2D eigenvalue weighted by Crippen LogP contribution is 2.30. The van der Waals surface area contributed by atoms with Crippen molar-refractivity contribution < 1.29 is 9.13 Å². The van der Waals surface area contributed by atoms with Crippen LogP contribution >= 0.6 is 11.3 Å². The van der Waals surface area contributed by atoms with E-state index in [4.69, 9.17) is 4.74 Å². The maximum absolute atomic E-state index is 14.3. The van der Waals surface area contributed by atoms with Gasteiger partial charge in [0, 0.05) is 19.6 Å². The zero-order valence-corrected chi connectivity index (χ0v) is 14.7. The van der Waals surface area contributed by atoms with Gasteiger partial charge in [-0.25, -0.2) is 9.37 Å². The molecule has 2 aromatic rings. The standard InChI is InChI=1S/C14H23FN2OSSi/c1-6-11-12(15)13-14(19-11)16-10(2)17(13)9-18-7-8-20(3,4)5/h6-9H2,1-5H3. The first-order valence-corrected chi connectivity index (χ1v) is 11.6. The summed E-state index contributed by atoms with van der Waals surface area (Å²) in [6.07, 6.45) is 0.711. The van der Waals surface area contributed by atoms with Crippen molar-refractivity contribution >= 4 is 29.8 Å². The second kappa shape index (κ2) is 5.95. The first kappa shape index (κ1) is 15.7. The van der Waals surface area contributed by atoms with Crippen LogP contribution in [0.4, 0.5) is 4.39 Å². The number of hydrogen-bond acceptors (Lipinski definition) is 3. The summed E-state index contributed by atoms with van der Waals surface area (Å²) in [5, 5.41) is 0.